The van der Waals surface area contributed by atoms with Crippen LogP contribution in [0.1, 0.15) is 19.4 Å². The van der Waals surface area contributed by atoms with Crippen molar-refractivity contribution >= 4 is 23.4 Å². The Morgan fingerprint density at radius 2 is 1.77 bits per heavy atom. The number of anilines is 1. The Hall–Kier alpha value is -3.78. The first kappa shape index (κ1) is 21.7. The first-order chi connectivity index (χ1) is 17.1. The number of para-hydroxylation sites is 2. The average Bonchev–Trinajstić information content (AvgIpc) is 3.59. The minimum atomic E-state index is -0.347. The van der Waals surface area contributed by atoms with E-state index < -0.39 is 0 Å². The number of hydrogen-bond acceptors (Lipinski definition) is 6. The van der Waals surface area contributed by atoms with E-state index in [9.17, 15) is 4.79 Å². The highest BCUT2D eigenvalue weighted by Crippen LogP contribution is 2.38. The van der Waals surface area contributed by atoms with Crippen molar-refractivity contribution < 1.29 is 14.3 Å². The Kier molecular flexibility index (Phi) is 5.45. The molecule has 8 heteroatoms. The third kappa shape index (κ3) is 3.83. The van der Waals surface area contributed by atoms with Gasteiger partial charge in [0.1, 0.15) is 0 Å². The van der Waals surface area contributed by atoms with Gasteiger partial charge in [-0.2, -0.15) is 0 Å². The summed E-state index contributed by atoms with van der Waals surface area (Å²) < 4.78 is 13.0. The van der Waals surface area contributed by atoms with Crippen molar-refractivity contribution in [3.63, 3.8) is 0 Å². The summed E-state index contributed by atoms with van der Waals surface area (Å²) in [5, 5.41) is 9.34. The number of ether oxygens (including phenoxy) is 2. The molecule has 0 aliphatic carbocycles. The zero-order valence-electron chi connectivity index (χ0n) is 19.4. The van der Waals surface area contributed by atoms with Crippen molar-refractivity contribution in [1.82, 2.24) is 14.8 Å². The number of amides is 1. The van der Waals surface area contributed by atoms with Crippen LogP contribution in [-0.4, -0.2) is 38.8 Å². The van der Waals surface area contributed by atoms with Gasteiger partial charge in [-0.25, -0.2) is 0 Å². The second-order valence-electron chi connectivity index (χ2n) is 8.70. The topological polar surface area (TPSA) is 69.5 Å². The van der Waals surface area contributed by atoms with Crippen LogP contribution in [0.25, 0.3) is 17.1 Å². The number of rotatable bonds is 5. The van der Waals surface area contributed by atoms with E-state index in [1.165, 1.54) is 17.3 Å². The van der Waals surface area contributed by atoms with Crippen molar-refractivity contribution in [2.24, 2.45) is 0 Å². The van der Waals surface area contributed by atoms with Gasteiger partial charge >= 0.3 is 0 Å². The summed E-state index contributed by atoms with van der Waals surface area (Å²) in [6.07, 6.45) is 0.869. The molecule has 0 N–H and O–H groups in total. The molecule has 2 aliphatic heterocycles. The van der Waals surface area contributed by atoms with E-state index in [0.717, 1.165) is 23.4 Å². The Labute approximate surface area is 207 Å². The van der Waals surface area contributed by atoms with Gasteiger partial charge in [0.05, 0.1) is 5.25 Å². The Bertz CT molecular complexity index is 1400. The van der Waals surface area contributed by atoms with Crippen LogP contribution in [0.2, 0.25) is 0 Å². The first-order valence-corrected chi connectivity index (χ1v) is 12.5. The quantitative estimate of drug-likeness (QED) is 0.366. The predicted octanol–water partition coefficient (Wildman–Crippen LogP) is 5.12. The predicted molar refractivity (Wildman–Crippen MR) is 135 cm³/mol. The first-order valence-electron chi connectivity index (χ1n) is 11.6. The minimum Gasteiger partial charge on any atom is -0.454 e. The molecule has 4 aromatic rings. The Morgan fingerprint density at radius 3 is 2.63 bits per heavy atom. The lowest BCUT2D eigenvalue weighted by atomic mass is 10.1. The van der Waals surface area contributed by atoms with Gasteiger partial charge in [0, 0.05) is 23.0 Å². The molecule has 6 rings (SSSR count). The van der Waals surface area contributed by atoms with E-state index in [-0.39, 0.29) is 24.0 Å². The Balaban J connectivity index is 1.35. The third-order valence-corrected chi connectivity index (χ3v) is 7.38. The summed E-state index contributed by atoms with van der Waals surface area (Å²) in [6.45, 7) is 4.24. The molecule has 3 heterocycles. The van der Waals surface area contributed by atoms with Crippen LogP contribution in [0, 0.1) is 0 Å². The van der Waals surface area contributed by atoms with Crippen molar-refractivity contribution in [2.45, 2.75) is 36.7 Å². The van der Waals surface area contributed by atoms with Crippen LogP contribution >= 0.6 is 11.8 Å². The number of carbonyl (C=O) groups is 1. The van der Waals surface area contributed by atoms with Crippen molar-refractivity contribution in [1.29, 1.82) is 0 Å². The Morgan fingerprint density at radius 1 is 1.00 bits per heavy atom. The monoisotopic (exact) mass is 484 g/mol. The summed E-state index contributed by atoms with van der Waals surface area (Å²) in [5.41, 5.74) is 4.00. The molecule has 0 fully saturated rings. The summed E-state index contributed by atoms with van der Waals surface area (Å²) in [5.74, 6) is 2.15. The molecule has 2 atom stereocenters. The van der Waals surface area contributed by atoms with E-state index in [0.29, 0.717) is 22.5 Å². The molecular formula is C27H24N4O3S. The molecule has 0 radical (unpaired) electrons. The van der Waals surface area contributed by atoms with Crippen molar-refractivity contribution in [2.75, 3.05) is 11.7 Å². The van der Waals surface area contributed by atoms with Crippen LogP contribution in [-0.2, 0) is 11.2 Å². The average molecular weight is 485 g/mol. The molecule has 176 valence electrons. The maximum absolute atomic E-state index is 13.6. The molecule has 3 aromatic carbocycles. The molecule has 0 spiro atoms. The van der Waals surface area contributed by atoms with E-state index >= 15 is 0 Å². The van der Waals surface area contributed by atoms with Gasteiger partial charge in [0.15, 0.2) is 22.5 Å². The molecule has 7 nitrogen and oxygen atoms in total. The van der Waals surface area contributed by atoms with E-state index in [1.54, 1.807) is 0 Å². The lowest BCUT2D eigenvalue weighted by Gasteiger charge is -2.25. The van der Waals surface area contributed by atoms with Crippen molar-refractivity contribution in [3.05, 3.63) is 78.4 Å². The maximum Gasteiger partial charge on any atom is 0.240 e. The zero-order valence-corrected chi connectivity index (χ0v) is 20.2. The summed E-state index contributed by atoms with van der Waals surface area (Å²) in [4.78, 5) is 15.5. The van der Waals surface area contributed by atoms with Gasteiger partial charge in [-0.1, -0.05) is 48.2 Å². The number of carbonyl (C=O) groups excluding carboxylic acids is 1. The van der Waals surface area contributed by atoms with Gasteiger partial charge in [-0.3, -0.25) is 9.36 Å². The van der Waals surface area contributed by atoms with Crippen LogP contribution < -0.4 is 14.4 Å². The highest BCUT2D eigenvalue weighted by Gasteiger charge is 2.34. The van der Waals surface area contributed by atoms with Gasteiger partial charge in [-0.15, -0.1) is 10.2 Å². The molecule has 1 aromatic heterocycles. The molecule has 0 bridgehead atoms. The number of thioether (sulfide) groups is 1. The fourth-order valence-electron chi connectivity index (χ4n) is 4.68. The molecule has 2 aliphatic rings. The summed E-state index contributed by atoms with van der Waals surface area (Å²) >= 11 is 1.42. The maximum atomic E-state index is 13.6. The van der Waals surface area contributed by atoms with Crippen LogP contribution in [0.5, 0.6) is 11.5 Å². The lowest BCUT2D eigenvalue weighted by Crippen LogP contribution is -2.40. The molecule has 0 saturated carbocycles. The molecule has 2 unspecified atom stereocenters. The number of nitrogens with zero attached hydrogens (tertiary/aromatic N) is 4. The number of hydrogen-bond donors (Lipinski definition) is 0. The minimum absolute atomic E-state index is 0.0692. The van der Waals surface area contributed by atoms with Crippen molar-refractivity contribution in [3.8, 4) is 28.6 Å². The molecule has 35 heavy (non-hydrogen) atoms. The van der Waals surface area contributed by atoms with E-state index in [1.807, 2.05) is 83.1 Å². The van der Waals surface area contributed by atoms with E-state index in [2.05, 4.69) is 23.2 Å². The number of benzene rings is 3. The summed E-state index contributed by atoms with van der Waals surface area (Å²) in [7, 11) is 0. The normalized spacial score (nSPS) is 16.9. The standard InChI is InChI=1S/C27H24N4O3S/c1-17-14-19-8-6-7-11-22(19)30(17)26(32)18(2)35-27-29-28-25(31(27)21-9-4-3-5-10-21)20-12-13-23-24(15-20)34-16-33-23/h3-13,15,17-18H,14,16H2,1-2H3. The highest BCUT2D eigenvalue weighted by molar-refractivity contribution is 8.00. The zero-order chi connectivity index (χ0) is 23.9. The van der Waals surface area contributed by atoms with Gasteiger partial charge in [0.2, 0.25) is 12.7 Å². The van der Waals surface area contributed by atoms with Crippen LogP contribution in [0.15, 0.2) is 78.0 Å². The fraction of sp³-hybridized carbons (Fsp3) is 0.222. The smallest absolute Gasteiger partial charge is 0.240 e. The summed E-state index contributed by atoms with van der Waals surface area (Å²) in [6, 6.07) is 23.9. The lowest BCUT2D eigenvalue weighted by molar-refractivity contribution is -0.118. The van der Waals surface area contributed by atoms with Gasteiger partial charge < -0.3 is 14.4 Å². The van der Waals surface area contributed by atoms with Crippen LogP contribution in [0.4, 0.5) is 5.69 Å². The number of aromatic nitrogens is 3. The number of fused-ring (bicyclic) bond motifs is 2. The van der Waals surface area contributed by atoms with Gasteiger partial charge in [-0.05, 0) is 62.2 Å². The molecule has 0 saturated heterocycles. The second-order valence-corrected chi connectivity index (χ2v) is 10.0. The molecular weight excluding hydrogens is 460 g/mol. The van der Waals surface area contributed by atoms with E-state index in [4.69, 9.17) is 9.47 Å². The highest BCUT2D eigenvalue weighted by atomic mass is 32.2. The van der Waals surface area contributed by atoms with Gasteiger partial charge in [0.25, 0.3) is 0 Å². The third-order valence-electron chi connectivity index (χ3n) is 6.35. The fourth-order valence-corrected chi connectivity index (χ4v) is 5.60. The van der Waals surface area contributed by atoms with Crippen LogP contribution in [0.3, 0.4) is 0 Å². The molecule has 1 amide bonds. The largest absolute Gasteiger partial charge is 0.454 e. The SMILES string of the molecule is CC(Sc1nnc(-c2ccc3c(c2)OCO3)n1-c1ccccc1)C(=O)N1c2ccccc2CC1C. The second kappa shape index (κ2) is 8.78.